The fraction of sp³-hybridized carbons (Fsp3) is 0.143. The van der Waals surface area contributed by atoms with Crippen molar-refractivity contribution in [1.82, 2.24) is 4.98 Å². The standard InChI is InChI=1S/C14H12FNO3S/c1-19-12-5-4-10(15)7-9(12)8-20-13-11(14(17)18)3-2-6-16-13/h2-7H,8H2,1H3,(H,17,18). The summed E-state index contributed by atoms with van der Waals surface area (Å²) in [6.07, 6.45) is 1.53. The number of hydrogen-bond donors (Lipinski definition) is 1. The molecule has 1 aromatic heterocycles. The minimum Gasteiger partial charge on any atom is -0.496 e. The average molecular weight is 293 g/mol. The summed E-state index contributed by atoms with van der Waals surface area (Å²) in [5, 5.41) is 9.46. The topological polar surface area (TPSA) is 59.4 Å². The molecule has 0 spiro atoms. The van der Waals surface area contributed by atoms with Crippen molar-refractivity contribution in [2.75, 3.05) is 7.11 Å². The first kappa shape index (κ1) is 14.3. The smallest absolute Gasteiger partial charge is 0.338 e. The number of hydrogen-bond acceptors (Lipinski definition) is 4. The SMILES string of the molecule is COc1ccc(F)cc1CSc1ncccc1C(=O)O. The first-order chi connectivity index (χ1) is 9.61. The molecule has 0 saturated carbocycles. The first-order valence-electron chi connectivity index (χ1n) is 5.75. The lowest BCUT2D eigenvalue weighted by Crippen LogP contribution is -2.00. The van der Waals surface area contributed by atoms with E-state index in [1.165, 1.54) is 43.3 Å². The van der Waals surface area contributed by atoms with Gasteiger partial charge in [0.1, 0.15) is 16.6 Å². The van der Waals surface area contributed by atoms with Crippen molar-refractivity contribution in [2.45, 2.75) is 10.8 Å². The summed E-state index contributed by atoms with van der Waals surface area (Å²) in [6, 6.07) is 7.28. The van der Waals surface area contributed by atoms with E-state index in [1.807, 2.05) is 0 Å². The van der Waals surface area contributed by atoms with Crippen molar-refractivity contribution in [3.63, 3.8) is 0 Å². The summed E-state index contributed by atoms with van der Waals surface area (Å²) >= 11 is 1.23. The summed E-state index contributed by atoms with van der Waals surface area (Å²) < 4.78 is 18.4. The number of carboxylic acid groups (broad SMARTS) is 1. The number of carbonyl (C=O) groups is 1. The molecular weight excluding hydrogens is 281 g/mol. The molecule has 6 heteroatoms. The van der Waals surface area contributed by atoms with E-state index < -0.39 is 5.97 Å². The van der Waals surface area contributed by atoms with Crippen LogP contribution in [0.3, 0.4) is 0 Å². The van der Waals surface area contributed by atoms with Gasteiger partial charge in [-0.2, -0.15) is 0 Å². The number of halogens is 1. The summed E-state index contributed by atoms with van der Waals surface area (Å²) in [4.78, 5) is 15.1. The Balaban J connectivity index is 2.21. The number of benzene rings is 1. The number of ether oxygens (including phenoxy) is 1. The van der Waals surface area contributed by atoms with Gasteiger partial charge >= 0.3 is 5.97 Å². The van der Waals surface area contributed by atoms with E-state index in [2.05, 4.69) is 4.98 Å². The summed E-state index contributed by atoms with van der Waals surface area (Å²) in [7, 11) is 1.50. The predicted octanol–water partition coefficient (Wildman–Crippen LogP) is 3.22. The lowest BCUT2D eigenvalue weighted by molar-refractivity contribution is 0.0692. The highest BCUT2D eigenvalue weighted by Gasteiger charge is 2.12. The second-order valence-electron chi connectivity index (χ2n) is 3.91. The number of carboxylic acids is 1. The second kappa shape index (κ2) is 6.38. The Hall–Kier alpha value is -2.08. The molecule has 0 aliphatic carbocycles. The van der Waals surface area contributed by atoms with Crippen LogP contribution in [0.25, 0.3) is 0 Å². The van der Waals surface area contributed by atoms with E-state index in [9.17, 15) is 9.18 Å². The van der Waals surface area contributed by atoms with Crippen LogP contribution >= 0.6 is 11.8 Å². The molecule has 0 bridgehead atoms. The molecule has 4 nitrogen and oxygen atoms in total. The van der Waals surface area contributed by atoms with Gasteiger partial charge in [-0.15, -0.1) is 11.8 Å². The molecule has 0 fully saturated rings. The fourth-order valence-electron chi connectivity index (χ4n) is 1.67. The van der Waals surface area contributed by atoms with Crippen LogP contribution in [0.15, 0.2) is 41.6 Å². The summed E-state index contributed by atoms with van der Waals surface area (Å²) in [6.45, 7) is 0. The largest absolute Gasteiger partial charge is 0.496 e. The Morgan fingerprint density at radius 3 is 2.95 bits per heavy atom. The summed E-state index contributed by atoms with van der Waals surface area (Å²) in [5.74, 6) is -0.461. The average Bonchev–Trinajstić information content (AvgIpc) is 2.45. The molecular formula is C14H12FNO3S. The molecule has 1 N–H and O–H groups in total. The van der Waals surface area contributed by atoms with E-state index in [0.717, 1.165) is 0 Å². The molecule has 0 radical (unpaired) electrons. The van der Waals surface area contributed by atoms with Crippen molar-refractivity contribution in [3.8, 4) is 5.75 Å². The third-order valence-corrected chi connectivity index (χ3v) is 3.66. The predicted molar refractivity (Wildman–Crippen MR) is 73.7 cm³/mol. The first-order valence-corrected chi connectivity index (χ1v) is 6.74. The number of pyridine rings is 1. The van der Waals surface area contributed by atoms with Crippen molar-refractivity contribution in [2.24, 2.45) is 0 Å². The minimum atomic E-state index is -1.04. The van der Waals surface area contributed by atoms with E-state index in [0.29, 0.717) is 22.1 Å². The van der Waals surface area contributed by atoms with Crippen molar-refractivity contribution < 1.29 is 19.0 Å². The fourth-order valence-corrected chi connectivity index (χ4v) is 2.64. The highest BCUT2D eigenvalue weighted by atomic mass is 32.2. The Morgan fingerprint density at radius 1 is 1.45 bits per heavy atom. The molecule has 20 heavy (non-hydrogen) atoms. The number of aromatic carboxylic acids is 1. The van der Waals surface area contributed by atoms with Crippen LogP contribution < -0.4 is 4.74 Å². The lowest BCUT2D eigenvalue weighted by Gasteiger charge is -2.09. The molecule has 0 amide bonds. The van der Waals surface area contributed by atoms with Crippen LogP contribution in [0, 0.1) is 5.82 Å². The van der Waals surface area contributed by atoms with Gasteiger partial charge in [0.15, 0.2) is 0 Å². The molecule has 104 valence electrons. The maximum atomic E-state index is 13.2. The minimum absolute atomic E-state index is 0.132. The van der Waals surface area contributed by atoms with Gasteiger partial charge in [0, 0.05) is 17.5 Å². The Bertz CT molecular complexity index is 634. The number of aromatic nitrogens is 1. The van der Waals surface area contributed by atoms with Gasteiger partial charge in [0.25, 0.3) is 0 Å². The van der Waals surface area contributed by atoms with Crippen molar-refractivity contribution >= 4 is 17.7 Å². The zero-order valence-electron chi connectivity index (χ0n) is 10.7. The van der Waals surface area contributed by atoms with Crippen LogP contribution in [0.1, 0.15) is 15.9 Å². The quantitative estimate of drug-likeness (QED) is 0.858. The van der Waals surface area contributed by atoms with Crippen molar-refractivity contribution in [3.05, 3.63) is 53.5 Å². The van der Waals surface area contributed by atoms with Gasteiger partial charge in [-0.3, -0.25) is 0 Å². The Kier molecular flexibility index (Phi) is 4.57. The van der Waals surface area contributed by atoms with Crippen LogP contribution in [0.2, 0.25) is 0 Å². The molecule has 0 atom stereocenters. The highest BCUT2D eigenvalue weighted by Crippen LogP contribution is 2.29. The Labute approximate surface area is 119 Å². The maximum Gasteiger partial charge on any atom is 0.338 e. The summed E-state index contributed by atoms with van der Waals surface area (Å²) in [5.41, 5.74) is 0.785. The van der Waals surface area contributed by atoms with Crippen molar-refractivity contribution in [1.29, 1.82) is 0 Å². The zero-order chi connectivity index (χ0) is 14.5. The van der Waals surface area contributed by atoms with E-state index in [4.69, 9.17) is 9.84 Å². The van der Waals surface area contributed by atoms with Gasteiger partial charge in [-0.25, -0.2) is 14.2 Å². The van der Waals surface area contributed by atoms with E-state index >= 15 is 0 Å². The monoisotopic (exact) mass is 293 g/mol. The molecule has 1 aromatic carbocycles. The van der Waals surface area contributed by atoms with Crippen LogP contribution in [-0.4, -0.2) is 23.2 Å². The lowest BCUT2D eigenvalue weighted by atomic mass is 10.2. The normalized spacial score (nSPS) is 10.3. The van der Waals surface area contributed by atoms with Crippen LogP contribution in [-0.2, 0) is 5.75 Å². The van der Waals surface area contributed by atoms with E-state index in [-0.39, 0.29) is 11.4 Å². The number of thioether (sulfide) groups is 1. The molecule has 1 heterocycles. The zero-order valence-corrected chi connectivity index (χ0v) is 11.5. The molecule has 0 unspecified atom stereocenters. The van der Waals surface area contributed by atoms with Crippen LogP contribution in [0.5, 0.6) is 5.75 Å². The molecule has 2 rings (SSSR count). The van der Waals surface area contributed by atoms with Gasteiger partial charge in [0.2, 0.25) is 0 Å². The third kappa shape index (κ3) is 3.27. The van der Waals surface area contributed by atoms with Gasteiger partial charge in [-0.1, -0.05) is 0 Å². The van der Waals surface area contributed by atoms with E-state index in [1.54, 1.807) is 12.1 Å². The number of methoxy groups -OCH3 is 1. The molecule has 2 aromatic rings. The van der Waals surface area contributed by atoms with Crippen LogP contribution in [0.4, 0.5) is 4.39 Å². The second-order valence-corrected chi connectivity index (χ2v) is 4.87. The Morgan fingerprint density at radius 2 is 2.25 bits per heavy atom. The van der Waals surface area contributed by atoms with Gasteiger partial charge in [0.05, 0.1) is 12.7 Å². The van der Waals surface area contributed by atoms with Gasteiger partial charge < -0.3 is 9.84 Å². The van der Waals surface area contributed by atoms with Gasteiger partial charge in [-0.05, 0) is 30.3 Å². The number of nitrogens with zero attached hydrogens (tertiary/aromatic N) is 1. The number of rotatable bonds is 5. The molecule has 0 saturated heterocycles. The maximum absolute atomic E-state index is 13.2. The molecule has 0 aliphatic heterocycles. The highest BCUT2D eigenvalue weighted by molar-refractivity contribution is 7.98. The molecule has 0 aliphatic rings. The third-order valence-electron chi connectivity index (χ3n) is 2.61.